The van der Waals surface area contributed by atoms with Crippen LogP contribution in [-0.4, -0.2) is 19.9 Å². The number of hydrogen-bond acceptors (Lipinski definition) is 4. The van der Waals surface area contributed by atoms with Gasteiger partial charge in [-0.3, -0.25) is 4.68 Å². The van der Waals surface area contributed by atoms with Crippen molar-refractivity contribution in [2.75, 3.05) is 0 Å². The summed E-state index contributed by atoms with van der Waals surface area (Å²) in [6, 6.07) is 3.80. The van der Waals surface area contributed by atoms with Crippen LogP contribution in [0, 0.1) is 0 Å². The molecule has 1 N–H and O–H groups in total. The zero-order valence-corrected chi connectivity index (χ0v) is 8.82. The molecule has 0 amide bonds. The first-order valence-electron chi connectivity index (χ1n) is 4.23. The highest BCUT2D eigenvalue weighted by atomic mass is 32.1. The predicted molar refractivity (Wildman–Crippen MR) is 54.0 cm³/mol. The lowest BCUT2D eigenvalue weighted by molar-refractivity contribution is 0.0919. The van der Waals surface area contributed by atoms with Crippen LogP contribution in [0.1, 0.15) is 17.6 Å². The minimum absolute atomic E-state index is 0.556. The lowest BCUT2D eigenvalue weighted by Crippen LogP contribution is -2.26. The van der Waals surface area contributed by atoms with Crippen molar-refractivity contribution in [1.82, 2.24) is 14.8 Å². The highest BCUT2D eigenvalue weighted by molar-refractivity contribution is 7.10. The molecule has 0 aliphatic carbocycles. The molecule has 0 aliphatic rings. The predicted octanol–water partition coefficient (Wildman–Crippen LogP) is 1.13. The maximum absolute atomic E-state index is 10.3. The number of thiophene rings is 1. The first-order valence-corrected chi connectivity index (χ1v) is 5.11. The summed E-state index contributed by atoms with van der Waals surface area (Å²) in [5.74, 6) is 0.556. The first-order chi connectivity index (χ1) is 6.62. The van der Waals surface area contributed by atoms with Gasteiger partial charge in [0, 0.05) is 11.9 Å². The zero-order chi connectivity index (χ0) is 10.2. The highest BCUT2D eigenvalue weighted by Gasteiger charge is 2.31. The highest BCUT2D eigenvalue weighted by Crippen LogP contribution is 2.30. The van der Waals surface area contributed by atoms with Crippen LogP contribution in [0.3, 0.4) is 0 Å². The van der Waals surface area contributed by atoms with Crippen LogP contribution in [0.5, 0.6) is 0 Å². The molecule has 0 aliphatic heterocycles. The molecular formula is C9H11N3OS. The van der Waals surface area contributed by atoms with Crippen LogP contribution < -0.4 is 0 Å². The van der Waals surface area contributed by atoms with Gasteiger partial charge >= 0.3 is 0 Å². The number of hydrogen-bond donors (Lipinski definition) is 1. The number of rotatable bonds is 2. The van der Waals surface area contributed by atoms with E-state index in [-0.39, 0.29) is 0 Å². The first kappa shape index (κ1) is 9.36. The van der Waals surface area contributed by atoms with E-state index in [4.69, 9.17) is 0 Å². The van der Waals surface area contributed by atoms with Crippen molar-refractivity contribution in [3.05, 3.63) is 34.5 Å². The third kappa shape index (κ3) is 1.34. The molecule has 0 fully saturated rings. The summed E-state index contributed by atoms with van der Waals surface area (Å²) in [7, 11) is 1.77. The Bertz CT molecular complexity index is 419. The lowest BCUT2D eigenvalue weighted by atomic mass is 10.0. The van der Waals surface area contributed by atoms with Gasteiger partial charge in [0.2, 0.25) is 0 Å². The van der Waals surface area contributed by atoms with Gasteiger partial charge in [-0.1, -0.05) is 6.07 Å². The lowest BCUT2D eigenvalue weighted by Gasteiger charge is -2.20. The minimum atomic E-state index is -1.06. The number of nitrogens with zero attached hydrogens (tertiary/aromatic N) is 3. The van der Waals surface area contributed by atoms with E-state index in [2.05, 4.69) is 10.1 Å². The number of aromatic nitrogens is 3. The van der Waals surface area contributed by atoms with Crippen molar-refractivity contribution in [2.24, 2.45) is 7.05 Å². The van der Waals surface area contributed by atoms with E-state index in [0.717, 1.165) is 4.88 Å². The smallest absolute Gasteiger partial charge is 0.163 e. The molecule has 0 saturated heterocycles. The largest absolute Gasteiger partial charge is 0.377 e. The Morgan fingerprint density at radius 1 is 1.57 bits per heavy atom. The average Bonchev–Trinajstić information content (AvgIpc) is 2.72. The Kier molecular flexibility index (Phi) is 2.13. The second kappa shape index (κ2) is 3.18. The van der Waals surface area contributed by atoms with Gasteiger partial charge in [-0.15, -0.1) is 11.3 Å². The van der Waals surface area contributed by atoms with Crippen molar-refractivity contribution in [3.63, 3.8) is 0 Å². The Morgan fingerprint density at radius 2 is 2.36 bits per heavy atom. The van der Waals surface area contributed by atoms with E-state index in [1.54, 1.807) is 18.7 Å². The van der Waals surface area contributed by atoms with Gasteiger partial charge in [0.15, 0.2) is 11.4 Å². The van der Waals surface area contributed by atoms with Crippen molar-refractivity contribution in [3.8, 4) is 0 Å². The van der Waals surface area contributed by atoms with Gasteiger partial charge in [-0.25, -0.2) is 4.98 Å². The Balaban J connectivity index is 2.48. The standard InChI is InChI=1S/C9H11N3OS/c1-9(13,7-4-3-5-14-7)8-10-6-11-12(8)2/h3-6,13H,1-2H3. The summed E-state index contributed by atoms with van der Waals surface area (Å²) in [6.45, 7) is 1.73. The number of aryl methyl sites for hydroxylation is 1. The third-order valence-electron chi connectivity index (χ3n) is 2.15. The topological polar surface area (TPSA) is 50.9 Å². The van der Waals surface area contributed by atoms with Crippen LogP contribution in [0.2, 0.25) is 0 Å². The molecule has 2 heterocycles. The van der Waals surface area contributed by atoms with Gasteiger partial charge in [0.25, 0.3) is 0 Å². The fraction of sp³-hybridized carbons (Fsp3) is 0.333. The molecule has 1 unspecified atom stereocenters. The molecule has 1 atom stereocenters. The SMILES string of the molecule is Cn1ncnc1C(C)(O)c1cccs1. The van der Waals surface area contributed by atoms with Crippen molar-refractivity contribution in [2.45, 2.75) is 12.5 Å². The second-order valence-electron chi connectivity index (χ2n) is 3.26. The molecule has 5 heteroatoms. The molecule has 2 rings (SSSR count). The monoisotopic (exact) mass is 209 g/mol. The summed E-state index contributed by atoms with van der Waals surface area (Å²) in [6.07, 6.45) is 1.44. The van der Waals surface area contributed by atoms with E-state index >= 15 is 0 Å². The number of aliphatic hydroxyl groups is 1. The van der Waals surface area contributed by atoms with E-state index in [1.807, 2.05) is 17.5 Å². The van der Waals surface area contributed by atoms with Gasteiger partial charge in [-0.05, 0) is 18.4 Å². The molecule has 4 nitrogen and oxygen atoms in total. The fourth-order valence-corrected chi connectivity index (χ4v) is 2.18. The minimum Gasteiger partial charge on any atom is -0.377 e. The summed E-state index contributed by atoms with van der Waals surface area (Å²) < 4.78 is 1.58. The third-order valence-corrected chi connectivity index (χ3v) is 3.23. The average molecular weight is 209 g/mol. The molecule has 0 saturated carbocycles. The summed E-state index contributed by atoms with van der Waals surface area (Å²) in [5.41, 5.74) is -1.06. The normalized spacial score (nSPS) is 15.4. The molecule has 2 aromatic rings. The molecule has 14 heavy (non-hydrogen) atoms. The van der Waals surface area contributed by atoms with Crippen molar-refractivity contribution in [1.29, 1.82) is 0 Å². The fourth-order valence-electron chi connectivity index (χ4n) is 1.40. The van der Waals surface area contributed by atoms with E-state index in [1.165, 1.54) is 17.7 Å². The van der Waals surface area contributed by atoms with Gasteiger partial charge < -0.3 is 5.11 Å². The molecule has 74 valence electrons. The Labute approximate surface area is 85.8 Å². The van der Waals surface area contributed by atoms with Crippen molar-refractivity contribution < 1.29 is 5.11 Å². The summed E-state index contributed by atoms with van der Waals surface area (Å²) >= 11 is 1.51. The maximum atomic E-state index is 10.3. The van der Waals surface area contributed by atoms with Gasteiger partial charge in [-0.2, -0.15) is 5.10 Å². The van der Waals surface area contributed by atoms with Crippen LogP contribution in [0.25, 0.3) is 0 Å². The van der Waals surface area contributed by atoms with Crippen molar-refractivity contribution >= 4 is 11.3 Å². The molecule has 2 aromatic heterocycles. The second-order valence-corrected chi connectivity index (χ2v) is 4.20. The molecule has 0 aromatic carbocycles. The van der Waals surface area contributed by atoms with E-state index in [0.29, 0.717) is 5.82 Å². The van der Waals surface area contributed by atoms with Crippen LogP contribution in [0.15, 0.2) is 23.8 Å². The molecule has 0 spiro atoms. The van der Waals surface area contributed by atoms with Crippen LogP contribution in [0.4, 0.5) is 0 Å². The molecule has 0 radical (unpaired) electrons. The zero-order valence-electron chi connectivity index (χ0n) is 8.01. The van der Waals surface area contributed by atoms with E-state index in [9.17, 15) is 5.11 Å². The van der Waals surface area contributed by atoms with Crippen LogP contribution >= 0.6 is 11.3 Å². The van der Waals surface area contributed by atoms with Crippen LogP contribution in [-0.2, 0) is 12.6 Å². The molecular weight excluding hydrogens is 198 g/mol. The molecule has 0 bridgehead atoms. The Morgan fingerprint density at radius 3 is 2.86 bits per heavy atom. The van der Waals surface area contributed by atoms with Gasteiger partial charge in [0.05, 0.1) is 0 Å². The summed E-state index contributed by atoms with van der Waals surface area (Å²) in [5, 5.41) is 16.2. The maximum Gasteiger partial charge on any atom is 0.163 e. The Hall–Kier alpha value is -1.20. The van der Waals surface area contributed by atoms with Gasteiger partial charge in [0.1, 0.15) is 6.33 Å². The quantitative estimate of drug-likeness (QED) is 0.806. The van der Waals surface area contributed by atoms with E-state index < -0.39 is 5.60 Å². The summed E-state index contributed by atoms with van der Waals surface area (Å²) in [4.78, 5) is 4.92.